The van der Waals surface area contributed by atoms with Crippen LogP contribution in [-0.4, -0.2) is 17.0 Å². The minimum Gasteiger partial charge on any atom is -0.475 e. The summed E-state index contributed by atoms with van der Waals surface area (Å²) in [5.74, 6) is -2.03. The van der Waals surface area contributed by atoms with Crippen molar-refractivity contribution in [1.29, 1.82) is 0 Å². The number of carbonyl (C=O) groups is 2. The zero-order chi connectivity index (χ0) is 11.0. The monoisotopic (exact) mass is 205 g/mol. The molecule has 15 heavy (non-hydrogen) atoms. The molecule has 2 rings (SSSR count). The topological polar surface area (TPSA) is 93.5 Å². The third-order valence-corrected chi connectivity index (χ3v) is 2.02. The lowest BCUT2D eigenvalue weighted by Crippen LogP contribution is -2.10. The van der Waals surface area contributed by atoms with E-state index in [-0.39, 0.29) is 16.9 Å². The lowest BCUT2D eigenvalue weighted by Gasteiger charge is -1.94. The fourth-order valence-electron chi connectivity index (χ4n) is 1.36. The molecule has 0 aliphatic heterocycles. The zero-order valence-corrected chi connectivity index (χ0v) is 7.56. The first kappa shape index (κ1) is 9.26. The lowest BCUT2D eigenvalue weighted by molar-refractivity contribution is 0.0664. The van der Waals surface area contributed by atoms with Gasteiger partial charge in [0.2, 0.25) is 5.76 Å². The van der Waals surface area contributed by atoms with E-state index >= 15 is 0 Å². The van der Waals surface area contributed by atoms with Gasteiger partial charge in [-0.3, -0.25) is 4.79 Å². The molecule has 2 aromatic rings. The Kier molecular flexibility index (Phi) is 1.93. The number of carboxylic acid groups (broad SMARTS) is 1. The van der Waals surface area contributed by atoms with Crippen molar-refractivity contribution in [3.63, 3.8) is 0 Å². The predicted molar refractivity (Wildman–Crippen MR) is 51.7 cm³/mol. The summed E-state index contributed by atoms with van der Waals surface area (Å²) >= 11 is 0. The average Bonchev–Trinajstić information content (AvgIpc) is 2.60. The maximum Gasteiger partial charge on any atom is 0.371 e. The van der Waals surface area contributed by atoms with Crippen molar-refractivity contribution in [2.24, 2.45) is 5.73 Å². The molecule has 1 heterocycles. The highest BCUT2D eigenvalue weighted by molar-refractivity contribution is 6.05. The van der Waals surface area contributed by atoms with E-state index < -0.39 is 11.9 Å². The van der Waals surface area contributed by atoms with Crippen LogP contribution < -0.4 is 5.73 Å². The molecule has 0 bridgehead atoms. The summed E-state index contributed by atoms with van der Waals surface area (Å²) in [5.41, 5.74) is 5.51. The summed E-state index contributed by atoms with van der Waals surface area (Å²) in [7, 11) is 0. The Bertz CT molecular complexity index is 556. The Labute approximate surface area is 84.1 Å². The van der Waals surface area contributed by atoms with Crippen molar-refractivity contribution in [2.45, 2.75) is 0 Å². The number of carboxylic acids is 1. The average molecular weight is 205 g/mol. The number of rotatable bonds is 2. The first-order valence-corrected chi connectivity index (χ1v) is 4.15. The van der Waals surface area contributed by atoms with E-state index in [4.69, 9.17) is 15.3 Å². The van der Waals surface area contributed by atoms with Gasteiger partial charge in [-0.1, -0.05) is 12.1 Å². The largest absolute Gasteiger partial charge is 0.475 e. The van der Waals surface area contributed by atoms with E-state index in [9.17, 15) is 9.59 Å². The van der Waals surface area contributed by atoms with Crippen molar-refractivity contribution < 1.29 is 19.1 Å². The number of primary amides is 1. The van der Waals surface area contributed by atoms with Crippen LogP contribution in [0, 0.1) is 0 Å². The number of nitrogens with two attached hydrogens (primary N) is 1. The van der Waals surface area contributed by atoms with Crippen LogP contribution in [0.3, 0.4) is 0 Å². The van der Waals surface area contributed by atoms with Gasteiger partial charge in [-0.15, -0.1) is 0 Å². The van der Waals surface area contributed by atoms with Crippen molar-refractivity contribution in [1.82, 2.24) is 0 Å². The van der Waals surface area contributed by atoms with Gasteiger partial charge in [0.1, 0.15) is 5.58 Å². The van der Waals surface area contributed by atoms with Gasteiger partial charge in [0.05, 0.1) is 5.56 Å². The van der Waals surface area contributed by atoms with Gasteiger partial charge in [0.15, 0.2) is 0 Å². The fourth-order valence-corrected chi connectivity index (χ4v) is 1.36. The van der Waals surface area contributed by atoms with E-state index in [0.29, 0.717) is 5.39 Å². The quantitative estimate of drug-likeness (QED) is 0.770. The summed E-state index contributed by atoms with van der Waals surface area (Å²) in [6.45, 7) is 0. The van der Waals surface area contributed by atoms with Crippen LogP contribution in [0.4, 0.5) is 0 Å². The van der Waals surface area contributed by atoms with E-state index in [2.05, 4.69) is 0 Å². The lowest BCUT2D eigenvalue weighted by atomic mass is 10.1. The molecule has 0 atom stereocenters. The van der Waals surface area contributed by atoms with Gasteiger partial charge in [-0.25, -0.2) is 4.79 Å². The molecule has 5 heteroatoms. The van der Waals surface area contributed by atoms with Crippen LogP contribution in [0.25, 0.3) is 11.0 Å². The molecule has 5 nitrogen and oxygen atoms in total. The molecule has 0 aliphatic carbocycles. The Hall–Kier alpha value is -2.30. The van der Waals surface area contributed by atoms with Gasteiger partial charge in [0, 0.05) is 5.39 Å². The molecule has 0 fully saturated rings. The number of furan rings is 1. The summed E-state index contributed by atoms with van der Waals surface area (Å²) < 4.78 is 5.02. The van der Waals surface area contributed by atoms with Gasteiger partial charge in [-0.05, 0) is 12.1 Å². The molecule has 1 aromatic carbocycles. The molecule has 3 N–H and O–H groups in total. The molecule has 1 aromatic heterocycles. The smallest absolute Gasteiger partial charge is 0.371 e. The third-order valence-electron chi connectivity index (χ3n) is 2.02. The highest BCUT2D eigenvalue weighted by atomic mass is 16.4. The summed E-state index contributed by atoms with van der Waals surface area (Å²) in [4.78, 5) is 21.7. The highest BCUT2D eigenvalue weighted by Crippen LogP contribution is 2.22. The maximum absolute atomic E-state index is 11.0. The van der Waals surface area contributed by atoms with Crippen molar-refractivity contribution >= 4 is 22.8 Å². The van der Waals surface area contributed by atoms with Crippen LogP contribution in [-0.2, 0) is 0 Å². The van der Waals surface area contributed by atoms with Gasteiger partial charge >= 0.3 is 5.97 Å². The van der Waals surface area contributed by atoms with Gasteiger partial charge in [0.25, 0.3) is 5.91 Å². The standard InChI is InChI=1S/C10H7NO4/c11-9(12)6-3-1-2-5-4-7(10(13)14)15-8(5)6/h1-4H,(H2,11,12)(H,13,14). The van der Waals surface area contributed by atoms with E-state index in [1.165, 1.54) is 12.1 Å². The van der Waals surface area contributed by atoms with Crippen LogP contribution >= 0.6 is 0 Å². The molecular weight excluding hydrogens is 198 g/mol. The number of para-hydroxylation sites is 1. The number of hydrogen-bond acceptors (Lipinski definition) is 3. The fraction of sp³-hybridized carbons (Fsp3) is 0. The molecular formula is C10H7NO4. The number of benzene rings is 1. The summed E-state index contributed by atoms with van der Waals surface area (Å²) in [6, 6.07) is 6.10. The summed E-state index contributed by atoms with van der Waals surface area (Å²) in [5, 5.41) is 9.25. The Morgan fingerprint density at radius 2 is 2.07 bits per heavy atom. The van der Waals surface area contributed by atoms with E-state index in [1.54, 1.807) is 12.1 Å². The molecule has 0 unspecified atom stereocenters. The predicted octanol–water partition coefficient (Wildman–Crippen LogP) is 1.23. The molecule has 0 spiro atoms. The first-order chi connectivity index (χ1) is 7.09. The minimum atomic E-state index is -1.18. The molecule has 0 saturated heterocycles. The molecule has 1 amide bonds. The third kappa shape index (κ3) is 1.43. The van der Waals surface area contributed by atoms with Crippen molar-refractivity contribution in [3.05, 3.63) is 35.6 Å². The normalized spacial score (nSPS) is 10.4. The van der Waals surface area contributed by atoms with E-state index in [1.807, 2.05) is 0 Å². The van der Waals surface area contributed by atoms with Gasteiger partial charge < -0.3 is 15.3 Å². The second-order valence-corrected chi connectivity index (χ2v) is 3.00. The number of fused-ring (bicyclic) bond motifs is 1. The second-order valence-electron chi connectivity index (χ2n) is 3.00. The van der Waals surface area contributed by atoms with Crippen LogP contribution in [0.1, 0.15) is 20.9 Å². The highest BCUT2D eigenvalue weighted by Gasteiger charge is 2.14. The minimum absolute atomic E-state index is 0.181. The van der Waals surface area contributed by atoms with Gasteiger partial charge in [-0.2, -0.15) is 0 Å². The summed E-state index contributed by atoms with van der Waals surface area (Å²) in [6.07, 6.45) is 0. The zero-order valence-electron chi connectivity index (χ0n) is 7.56. The van der Waals surface area contributed by atoms with E-state index in [0.717, 1.165) is 0 Å². The molecule has 0 saturated carbocycles. The Balaban J connectivity index is 2.75. The first-order valence-electron chi connectivity index (χ1n) is 4.15. The van der Waals surface area contributed by atoms with Crippen molar-refractivity contribution in [3.8, 4) is 0 Å². The number of amides is 1. The maximum atomic E-state index is 11.0. The van der Waals surface area contributed by atoms with Crippen LogP contribution in [0.2, 0.25) is 0 Å². The molecule has 0 aliphatic rings. The number of aromatic carboxylic acids is 1. The van der Waals surface area contributed by atoms with Crippen molar-refractivity contribution in [2.75, 3.05) is 0 Å². The Morgan fingerprint density at radius 1 is 1.33 bits per heavy atom. The Morgan fingerprint density at radius 3 is 2.67 bits per heavy atom. The molecule has 76 valence electrons. The molecule has 0 radical (unpaired) electrons. The number of carbonyl (C=O) groups excluding carboxylic acids is 1. The van der Waals surface area contributed by atoms with Crippen LogP contribution in [0.15, 0.2) is 28.7 Å². The van der Waals surface area contributed by atoms with Crippen LogP contribution in [0.5, 0.6) is 0 Å². The SMILES string of the molecule is NC(=O)c1cccc2cc(C(=O)O)oc12. The number of hydrogen-bond donors (Lipinski definition) is 2. The second kappa shape index (κ2) is 3.13.